The number of nitriles is 1. The van der Waals surface area contributed by atoms with Crippen LogP contribution in [0.25, 0.3) is 6.08 Å². The molecule has 2 amide bonds. The van der Waals surface area contributed by atoms with Crippen LogP contribution >= 0.6 is 0 Å². The third-order valence-corrected chi connectivity index (χ3v) is 4.82. The van der Waals surface area contributed by atoms with Crippen LogP contribution in [-0.4, -0.2) is 17.9 Å². The fourth-order valence-electron chi connectivity index (χ4n) is 3.28. The van der Waals surface area contributed by atoms with Crippen LogP contribution < -0.4 is 10.6 Å². The van der Waals surface area contributed by atoms with Crippen molar-refractivity contribution in [2.75, 3.05) is 0 Å². The van der Waals surface area contributed by atoms with Gasteiger partial charge in [-0.05, 0) is 48.7 Å². The maximum absolute atomic E-state index is 12.8. The van der Waals surface area contributed by atoms with Gasteiger partial charge in [0.25, 0.3) is 11.8 Å². The number of amides is 2. The Balaban J connectivity index is 1.78. The average molecular weight is 373 g/mol. The lowest BCUT2D eigenvalue weighted by Gasteiger charge is -2.23. The maximum Gasteiger partial charge on any atom is 0.268 e. The van der Waals surface area contributed by atoms with Crippen molar-refractivity contribution in [1.82, 2.24) is 10.6 Å². The normalized spacial score (nSPS) is 14.8. The molecule has 142 valence electrons. The molecule has 0 atom stereocenters. The van der Waals surface area contributed by atoms with Gasteiger partial charge in [-0.15, -0.1) is 0 Å². The molecule has 0 bridgehead atoms. The van der Waals surface area contributed by atoms with E-state index in [9.17, 15) is 9.59 Å². The molecule has 2 N–H and O–H groups in total. The molecule has 1 saturated carbocycles. The van der Waals surface area contributed by atoms with E-state index in [4.69, 9.17) is 5.26 Å². The summed E-state index contributed by atoms with van der Waals surface area (Å²) in [7, 11) is 0. The Bertz CT molecular complexity index is 890. The number of benzene rings is 2. The molecule has 0 radical (unpaired) electrons. The number of rotatable bonds is 5. The molecule has 1 aliphatic rings. The molecule has 1 fully saturated rings. The van der Waals surface area contributed by atoms with Crippen molar-refractivity contribution < 1.29 is 9.59 Å². The number of hydrogen-bond donors (Lipinski definition) is 2. The molecule has 0 aliphatic heterocycles. The molecular formula is C23H23N3O2. The highest BCUT2D eigenvalue weighted by atomic mass is 16.2. The largest absolute Gasteiger partial charge is 0.348 e. The van der Waals surface area contributed by atoms with Crippen LogP contribution in [-0.2, 0) is 4.79 Å². The minimum absolute atomic E-state index is 0.146. The predicted octanol–water partition coefficient (Wildman–Crippen LogP) is 3.78. The summed E-state index contributed by atoms with van der Waals surface area (Å²) >= 11 is 0. The molecule has 5 nitrogen and oxygen atoms in total. The predicted molar refractivity (Wildman–Crippen MR) is 108 cm³/mol. The van der Waals surface area contributed by atoms with Crippen molar-refractivity contribution in [2.24, 2.45) is 0 Å². The Morgan fingerprint density at radius 1 is 0.964 bits per heavy atom. The fraction of sp³-hybridized carbons (Fsp3) is 0.261. The summed E-state index contributed by atoms with van der Waals surface area (Å²) in [4.78, 5) is 25.5. The van der Waals surface area contributed by atoms with Gasteiger partial charge < -0.3 is 10.6 Å². The topological polar surface area (TPSA) is 82.0 Å². The molecule has 0 aromatic heterocycles. The Labute approximate surface area is 165 Å². The lowest BCUT2D eigenvalue weighted by Crippen LogP contribution is -2.41. The summed E-state index contributed by atoms with van der Waals surface area (Å²) in [5.41, 5.74) is 1.91. The molecule has 5 heteroatoms. The van der Waals surface area contributed by atoms with Crippen LogP contribution in [0.5, 0.6) is 0 Å². The lowest BCUT2D eigenvalue weighted by atomic mass is 9.95. The second-order valence-electron chi connectivity index (χ2n) is 6.92. The summed E-state index contributed by atoms with van der Waals surface area (Å²) in [6, 6.07) is 17.9. The molecule has 2 aromatic carbocycles. The standard InChI is InChI=1S/C23H23N3O2/c24-16-18-11-13-19(14-12-18)22(27)26-21(15-17-7-3-1-4-8-17)23(28)25-20-9-5-2-6-10-20/h1,3-4,7-8,11-15,20H,2,5-6,9-10H2,(H,25,28)(H,26,27). The van der Waals surface area contributed by atoms with Gasteiger partial charge in [0.15, 0.2) is 0 Å². The number of hydrogen-bond acceptors (Lipinski definition) is 3. The van der Waals surface area contributed by atoms with Crippen molar-refractivity contribution in [3.63, 3.8) is 0 Å². The third-order valence-electron chi connectivity index (χ3n) is 4.82. The number of nitrogens with one attached hydrogen (secondary N) is 2. The fourth-order valence-corrected chi connectivity index (χ4v) is 3.28. The Morgan fingerprint density at radius 2 is 1.64 bits per heavy atom. The molecular weight excluding hydrogens is 350 g/mol. The quantitative estimate of drug-likeness (QED) is 0.783. The van der Waals surface area contributed by atoms with Gasteiger partial charge in [0, 0.05) is 11.6 Å². The van der Waals surface area contributed by atoms with E-state index in [1.165, 1.54) is 6.42 Å². The van der Waals surface area contributed by atoms with Gasteiger partial charge in [-0.2, -0.15) is 5.26 Å². The summed E-state index contributed by atoms with van der Waals surface area (Å²) in [6.45, 7) is 0. The molecule has 0 saturated heterocycles. The van der Waals surface area contributed by atoms with Crippen LogP contribution in [0.15, 0.2) is 60.3 Å². The monoisotopic (exact) mass is 373 g/mol. The first kappa shape index (κ1) is 19.4. The first-order valence-corrected chi connectivity index (χ1v) is 9.55. The van der Waals surface area contributed by atoms with E-state index in [1.807, 2.05) is 36.4 Å². The molecule has 0 unspecified atom stereocenters. The van der Waals surface area contributed by atoms with Crippen molar-refractivity contribution in [3.05, 3.63) is 77.0 Å². The van der Waals surface area contributed by atoms with E-state index < -0.39 is 0 Å². The van der Waals surface area contributed by atoms with Crippen LogP contribution in [0, 0.1) is 11.3 Å². The zero-order valence-corrected chi connectivity index (χ0v) is 15.7. The average Bonchev–Trinajstić information content (AvgIpc) is 2.74. The van der Waals surface area contributed by atoms with Crippen LogP contribution in [0.4, 0.5) is 0 Å². The zero-order chi connectivity index (χ0) is 19.8. The maximum atomic E-state index is 12.8. The molecule has 28 heavy (non-hydrogen) atoms. The van der Waals surface area contributed by atoms with E-state index in [2.05, 4.69) is 10.6 Å². The zero-order valence-electron chi connectivity index (χ0n) is 15.7. The van der Waals surface area contributed by atoms with Crippen molar-refractivity contribution in [1.29, 1.82) is 5.26 Å². The number of nitrogens with zero attached hydrogens (tertiary/aromatic N) is 1. The van der Waals surface area contributed by atoms with Gasteiger partial charge in [-0.3, -0.25) is 9.59 Å². The Kier molecular flexibility index (Phi) is 6.59. The van der Waals surface area contributed by atoms with Crippen molar-refractivity contribution in [2.45, 2.75) is 38.1 Å². The first-order valence-electron chi connectivity index (χ1n) is 9.55. The summed E-state index contributed by atoms with van der Waals surface area (Å²) in [6.07, 6.45) is 7.04. The van der Waals surface area contributed by atoms with E-state index in [0.717, 1.165) is 31.2 Å². The highest BCUT2D eigenvalue weighted by molar-refractivity contribution is 6.05. The molecule has 0 heterocycles. The molecule has 3 rings (SSSR count). The summed E-state index contributed by atoms with van der Waals surface area (Å²) in [5.74, 6) is -0.664. The molecule has 0 spiro atoms. The molecule has 1 aliphatic carbocycles. The van der Waals surface area contributed by atoms with E-state index in [1.54, 1.807) is 30.3 Å². The highest BCUT2D eigenvalue weighted by Crippen LogP contribution is 2.18. The summed E-state index contributed by atoms with van der Waals surface area (Å²) < 4.78 is 0. The van der Waals surface area contributed by atoms with Gasteiger partial charge >= 0.3 is 0 Å². The van der Waals surface area contributed by atoms with E-state index >= 15 is 0 Å². The second-order valence-corrected chi connectivity index (χ2v) is 6.92. The van der Waals surface area contributed by atoms with Crippen molar-refractivity contribution >= 4 is 17.9 Å². The summed E-state index contributed by atoms with van der Waals surface area (Å²) in [5, 5.41) is 14.7. The second kappa shape index (κ2) is 9.52. The Hall–Kier alpha value is -3.39. The van der Waals surface area contributed by atoms with E-state index in [-0.39, 0.29) is 23.6 Å². The minimum Gasteiger partial charge on any atom is -0.348 e. The number of carbonyl (C=O) groups is 2. The minimum atomic E-state index is -0.384. The van der Waals surface area contributed by atoms with Gasteiger partial charge in [0.05, 0.1) is 11.6 Å². The van der Waals surface area contributed by atoms with Gasteiger partial charge in [0.2, 0.25) is 0 Å². The SMILES string of the molecule is N#Cc1ccc(C(=O)NC(=Cc2ccccc2)C(=O)NC2CCCCC2)cc1. The molecule has 2 aromatic rings. The van der Waals surface area contributed by atoms with Gasteiger partial charge in [0.1, 0.15) is 5.70 Å². The highest BCUT2D eigenvalue weighted by Gasteiger charge is 2.20. The van der Waals surface area contributed by atoms with Gasteiger partial charge in [-0.1, -0.05) is 49.6 Å². The first-order chi connectivity index (χ1) is 13.7. The van der Waals surface area contributed by atoms with Gasteiger partial charge in [-0.25, -0.2) is 0 Å². The van der Waals surface area contributed by atoms with E-state index in [0.29, 0.717) is 11.1 Å². The van der Waals surface area contributed by atoms with Crippen LogP contribution in [0.1, 0.15) is 53.6 Å². The smallest absolute Gasteiger partial charge is 0.268 e. The van der Waals surface area contributed by atoms with Crippen LogP contribution in [0.3, 0.4) is 0 Å². The van der Waals surface area contributed by atoms with Crippen LogP contribution in [0.2, 0.25) is 0 Å². The Morgan fingerprint density at radius 3 is 2.29 bits per heavy atom. The lowest BCUT2D eigenvalue weighted by molar-refractivity contribution is -0.118. The number of carbonyl (C=O) groups excluding carboxylic acids is 2. The third kappa shape index (κ3) is 5.31. The van der Waals surface area contributed by atoms with Crippen molar-refractivity contribution in [3.8, 4) is 6.07 Å².